The lowest BCUT2D eigenvalue weighted by molar-refractivity contribution is -0.117. The van der Waals surface area contributed by atoms with E-state index in [1.165, 1.54) is 0 Å². The Kier molecular flexibility index (Phi) is 5.69. The summed E-state index contributed by atoms with van der Waals surface area (Å²) in [6.45, 7) is 5.14. The van der Waals surface area contributed by atoms with E-state index < -0.39 is 0 Å². The normalized spacial score (nSPS) is 19.1. The summed E-state index contributed by atoms with van der Waals surface area (Å²) < 4.78 is 5.81. The standard InChI is InChI=1S/C27H25ClN2O3/c1-16-5-3-4-6-21(16)26(31)29-20-8-9-22(17(2)13-20)27(32)30-12-11-18-15-33-25(18)23-14-19(28)7-10-24(23)30/h3-10,13-14,18,25H,11-12,15H2,1-2H3,(H,29,31)/t18-,25+/m1/s1. The summed E-state index contributed by atoms with van der Waals surface area (Å²) in [6, 6.07) is 18.5. The molecule has 1 N–H and O–H groups in total. The van der Waals surface area contributed by atoms with Gasteiger partial charge in [0.15, 0.2) is 0 Å². The monoisotopic (exact) mass is 460 g/mol. The number of hydrogen-bond donors (Lipinski definition) is 1. The Balaban J connectivity index is 1.41. The van der Waals surface area contributed by atoms with Gasteiger partial charge in [0.1, 0.15) is 0 Å². The number of nitrogens with one attached hydrogen (secondary N) is 1. The molecule has 5 nitrogen and oxygen atoms in total. The van der Waals surface area contributed by atoms with Crippen LogP contribution in [0.2, 0.25) is 5.02 Å². The van der Waals surface area contributed by atoms with E-state index in [0.29, 0.717) is 40.9 Å². The fourth-order valence-electron chi connectivity index (χ4n) is 4.69. The van der Waals surface area contributed by atoms with Gasteiger partial charge in [-0.25, -0.2) is 0 Å². The van der Waals surface area contributed by atoms with Gasteiger partial charge in [-0.05, 0) is 73.9 Å². The highest BCUT2D eigenvalue weighted by Gasteiger charge is 2.39. The molecule has 0 saturated carbocycles. The van der Waals surface area contributed by atoms with Gasteiger partial charge in [-0.1, -0.05) is 29.8 Å². The highest BCUT2D eigenvalue weighted by Crippen LogP contribution is 2.45. The molecule has 3 aromatic carbocycles. The van der Waals surface area contributed by atoms with E-state index in [9.17, 15) is 9.59 Å². The van der Waals surface area contributed by atoms with Crippen molar-refractivity contribution in [1.82, 2.24) is 0 Å². The summed E-state index contributed by atoms with van der Waals surface area (Å²) in [4.78, 5) is 28.1. The van der Waals surface area contributed by atoms with Crippen LogP contribution >= 0.6 is 11.6 Å². The molecule has 0 unspecified atom stereocenters. The first-order valence-electron chi connectivity index (χ1n) is 11.1. The molecule has 2 amide bonds. The summed E-state index contributed by atoms with van der Waals surface area (Å²) >= 11 is 6.26. The zero-order chi connectivity index (χ0) is 23.1. The van der Waals surface area contributed by atoms with Crippen LogP contribution < -0.4 is 10.2 Å². The van der Waals surface area contributed by atoms with Gasteiger partial charge >= 0.3 is 0 Å². The molecule has 2 aliphatic heterocycles. The van der Waals surface area contributed by atoms with Crippen molar-refractivity contribution < 1.29 is 14.3 Å². The molecular formula is C27H25ClN2O3. The number of amides is 2. The zero-order valence-corrected chi connectivity index (χ0v) is 19.4. The molecule has 6 heteroatoms. The van der Waals surface area contributed by atoms with Gasteiger partial charge in [-0.3, -0.25) is 9.59 Å². The van der Waals surface area contributed by atoms with Crippen LogP contribution in [-0.4, -0.2) is 25.0 Å². The van der Waals surface area contributed by atoms with Crippen LogP contribution in [0, 0.1) is 19.8 Å². The number of aryl methyl sites for hydroxylation is 2. The Morgan fingerprint density at radius 1 is 1.00 bits per heavy atom. The van der Waals surface area contributed by atoms with Crippen LogP contribution in [-0.2, 0) is 4.74 Å². The number of rotatable bonds is 3. The topological polar surface area (TPSA) is 58.6 Å². The predicted octanol–water partition coefficient (Wildman–Crippen LogP) is 5.95. The number of carbonyl (C=O) groups is 2. The molecule has 2 aliphatic rings. The summed E-state index contributed by atoms with van der Waals surface area (Å²) in [5, 5.41) is 3.58. The number of carbonyl (C=O) groups excluding carboxylic acids is 2. The maximum absolute atomic E-state index is 13.6. The number of fused-ring (bicyclic) bond motifs is 3. The first-order chi connectivity index (χ1) is 15.9. The smallest absolute Gasteiger partial charge is 0.258 e. The molecule has 5 rings (SSSR count). The van der Waals surface area contributed by atoms with Gasteiger partial charge < -0.3 is 15.0 Å². The largest absolute Gasteiger partial charge is 0.373 e. The van der Waals surface area contributed by atoms with Crippen molar-refractivity contribution in [3.8, 4) is 0 Å². The van der Waals surface area contributed by atoms with Crippen LogP contribution in [0.4, 0.5) is 11.4 Å². The number of halogens is 1. The zero-order valence-electron chi connectivity index (χ0n) is 18.6. The maximum Gasteiger partial charge on any atom is 0.258 e. The molecule has 2 heterocycles. The predicted molar refractivity (Wildman–Crippen MR) is 130 cm³/mol. The molecular weight excluding hydrogens is 436 g/mol. The quantitative estimate of drug-likeness (QED) is 0.525. The lowest BCUT2D eigenvalue weighted by atomic mass is 9.89. The molecule has 0 aliphatic carbocycles. The average molecular weight is 461 g/mol. The molecule has 0 aromatic heterocycles. The maximum atomic E-state index is 13.6. The number of ether oxygens (including phenoxy) is 1. The Morgan fingerprint density at radius 2 is 1.82 bits per heavy atom. The van der Waals surface area contributed by atoms with Gasteiger partial charge in [0, 0.05) is 45.6 Å². The number of nitrogens with zero attached hydrogens (tertiary/aromatic N) is 1. The summed E-state index contributed by atoms with van der Waals surface area (Å²) in [7, 11) is 0. The van der Waals surface area contributed by atoms with Crippen LogP contribution in [0.15, 0.2) is 60.7 Å². The Hall–Kier alpha value is -3.15. The van der Waals surface area contributed by atoms with Crippen LogP contribution in [0.1, 0.15) is 49.9 Å². The van der Waals surface area contributed by atoms with Crippen LogP contribution in [0.25, 0.3) is 0 Å². The first-order valence-corrected chi connectivity index (χ1v) is 11.5. The van der Waals surface area contributed by atoms with Crippen molar-refractivity contribution in [1.29, 1.82) is 0 Å². The Labute approximate surface area is 198 Å². The minimum absolute atomic E-state index is 0.00312. The third-order valence-electron chi connectivity index (χ3n) is 6.58. The van der Waals surface area contributed by atoms with Gasteiger partial charge in [-0.2, -0.15) is 0 Å². The highest BCUT2D eigenvalue weighted by atomic mass is 35.5. The van der Waals surface area contributed by atoms with Crippen molar-refractivity contribution in [2.24, 2.45) is 5.92 Å². The molecule has 0 bridgehead atoms. The third kappa shape index (κ3) is 4.03. The number of hydrogen-bond acceptors (Lipinski definition) is 3. The molecule has 33 heavy (non-hydrogen) atoms. The minimum Gasteiger partial charge on any atom is -0.373 e. The van der Waals surface area contributed by atoms with E-state index in [4.69, 9.17) is 16.3 Å². The second kappa shape index (κ2) is 8.65. The van der Waals surface area contributed by atoms with Gasteiger partial charge in [0.2, 0.25) is 0 Å². The minimum atomic E-state index is -0.166. The summed E-state index contributed by atoms with van der Waals surface area (Å²) in [5.41, 5.74) is 5.45. The number of anilines is 2. The van der Waals surface area contributed by atoms with Crippen molar-refractivity contribution in [3.63, 3.8) is 0 Å². The van der Waals surface area contributed by atoms with Gasteiger partial charge in [-0.15, -0.1) is 0 Å². The molecule has 1 saturated heterocycles. The van der Waals surface area contributed by atoms with E-state index in [-0.39, 0.29) is 17.9 Å². The van der Waals surface area contributed by atoms with Crippen molar-refractivity contribution in [3.05, 3.63) is 93.5 Å². The molecule has 168 valence electrons. The van der Waals surface area contributed by atoms with Crippen molar-refractivity contribution >= 4 is 34.8 Å². The van der Waals surface area contributed by atoms with E-state index in [1.54, 1.807) is 18.2 Å². The van der Waals surface area contributed by atoms with E-state index >= 15 is 0 Å². The second-order valence-corrected chi connectivity index (χ2v) is 9.20. The Bertz CT molecular complexity index is 1260. The van der Waals surface area contributed by atoms with Crippen molar-refractivity contribution in [2.75, 3.05) is 23.4 Å². The second-order valence-electron chi connectivity index (χ2n) is 8.76. The van der Waals surface area contributed by atoms with Crippen molar-refractivity contribution in [2.45, 2.75) is 26.4 Å². The fraction of sp³-hybridized carbons (Fsp3) is 0.259. The lowest BCUT2D eigenvalue weighted by Gasteiger charge is -2.36. The van der Waals surface area contributed by atoms with E-state index in [0.717, 1.165) is 28.8 Å². The van der Waals surface area contributed by atoms with Gasteiger partial charge in [0.05, 0.1) is 12.7 Å². The Morgan fingerprint density at radius 3 is 2.55 bits per heavy atom. The highest BCUT2D eigenvalue weighted by molar-refractivity contribution is 6.30. The van der Waals surface area contributed by atoms with E-state index in [2.05, 4.69) is 5.32 Å². The van der Waals surface area contributed by atoms with Crippen LogP contribution in [0.3, 0.4) is 0 Å². The lowest BCUT2D eigenvalue weighted by Crippen LogP contribution is -2.34. The molecule has 3 aromatic rings. The molecule has 0 spiro atoms. The SMILES string of the molecule is Cc1ccccc1C(=O)Nc1ccc(C(=O)N2CC[C@@H]3CO[C@@H]3c3cc(Cl)ccc32)c(C)c1. The molecule has 2 atom stereocenters. The summed E-state index contributed by atoms with van der Waals surface area (Å²) in [5.74, 6) is 0.176. The summed E-state index contributed by atoms with van der Waals surface area (Å²) in [6.07, 6.45) is 0.878. The molecule has 1 fully saturated rings. The third-order valence-corrected chi connectivity index (χ3v) is 6.81. The number of benzene rings is 3. The average Bonchev–Trinajstić information content (AvgIpc) is 2.86. The first kappa shape index (κ1) is 21.7. The van der Waals surface area contributed by atoms with E-state index in [1.807, 2.05) is 61.2 Å². The fourth-order valence-corrected chi connectivity index (χ4v) is 4.87. The van der Waals surface area contributed by atoms with Gasteiger partial charge in [0.25, 0.3) is 11.8 Å². The van der Waals surface area contributed by atoms with Crippen LogP contribution in [0.5, 0.6) is 0 Å². The molecule has 0 radical (unpaired) electrons.